The Morgan fingerprint density at radius 1 is 1.33 bits per heavy atom. The molecule has 2 N–H and O–H groups in total. The molecule has 0 amide bonds. The molecule has 4 nitrogen and oxygen atoms in total. The molecular formula is C10H8N2O2S. The predicted molar refractivity (Wildman–Crippen MR) is 60.3 cm³/mol. The van der Waals surface area contributed by atoms with Crippen molar-refractivity contribution in [2.45, 2.75) is 0 Å². The lowest BCUT2D eigenvalue weighted by Crippen LogP contribution is -1.89. The molecule has 0 unspecified atom stereocenters. The number of aromatic hydroxyl groups is 1. The third-order valence-electron chi connectivity index (χ3n) is 1.74. The minimum atomic E-state index is -0.290. The van der Waals surface area contributed by atoms with Crippen molar-refractivity contribution < 1.29 is 5.11 Å². The number of rotatable bonds is 2. The highest BCUT2D eigenvalue weighted by Crippen LogP contribution is 2.15. The molecule has 15 heavy (non-hydrogen) atoms. The van der Waals surface area contributed by atoms with E-state index in [0.717, 1.165) is 17.0 Å². The van der Waals surface area contributed by atoms with Gasteiger partial charge in [-0.3, -0.25) is 14.8 Å². The molecule has 0 aliphatic rings. The van der Waals surface area contributed by atoms with Crippen LogP contribution in [0.2, 0.25) is 0 Å². The summed E-state index contributed by atoms with van der Waals surface area (Å²) in [7, 11) is 0. The summed E-state index contributed by atoms with van der Waals surface area (Å²) in [5.74, 6) is -0.135. The highest BCUT2D eigenvalue weighted by molar-refractivity contribution is 7.11. The van der Waals surface area contributed by atoms with Gasteiger partial charge in [-0.05, 0) is 12.1 Å². The Hall–Kier alpha value is -1.88. The van der Waals surface area contributed by atoms with Gasteiger partial charge in [0.15, 0.2) is 0 Å². The molecule has 0 spiro atoms. The number of thiazole rings is 1. The van der Waals surface area contributed by atoms with Crippen LogP contribution in [0.3, 0.4) is 0 Å². The average molecular weight is 220 g/mol. The molecule has 0 bridgehead atoms. The zero-order valence-corrected chi connectivity index (χ0v) is 8.49. The van der Waals surface area contributed by atoms with E-state index in [1.165, 1.54) is 6.21 Å². The van der Waals surface area contributed by atoms with Crippen LogP contribution in [0.25, 0.3) is 0 Å². The Balaban J connectivity index is 2.26. The Morgan fingerprint density at radius 2 is 2.07 bits per heavy atom. The summed E-state index contributed by atoms with van der Waals surface area (Å²) < 4.78 is 0. The topological polar surface area (TPSA) is 65.5 Å². The van der Waals surface area contributed by atoms with Gasteiger partial charge >= 0.3 is 4.87 Å². The minimum absolute atomic E-state index is 0.135. The minimum Gasteiger partial charge on any atom is -0.493 e. The van der Waals surface area contributed by atoms with Crippen LogP contribution >= 0.6 is 11.3 Å². The van der Waals surface area contributed by atoms with Crippen LogP contribution in [0.5, 0.6) is 5.88 Å². The van der Waals surface area contributed by atoms with E-state index in [2.05, 4.69) is 9.98 Å². The number of nitrogens with one attached hydrogen (secondary N) is 1. The standard InChI is InChI=1S/C10H8N2O2S/c13-9-8(15-10(14)12-9)6-11-7-4-2-1-3-5-7/h1-6,13H,(H,12,14). The van der Waals surface area contributed by atoms with Crippen LogP contribution in [-0.2, 0) is 0 Å². The maximum Gasteiger partial charge on any atom is 0.307 e. The van der Waals surface area contributed by atoms with Crippen molar-refractivity contribution in [3.63, 3.8) is 0 Å². The molecule has 0 aliphatic carbocycles. The van der Waals surface area contributed by atoms with Gasteiger partial charge in [0.25, 0.3) is 0 Å². The third-order valence-corrected chi connectivity index (χ3v) is 2.55. The molecule has 0 saturated heterocycles. The quantitative estimate of drug-likeness (QED) is 0.759. The molecule has 2 rings (SSSR count). The Labute approximate surface area is 89.6 Å². The van der Waals surface area contributed by atoms with Gasteiger partial charge in [0, 0.05) is 0 Å². The summed E-state index contributed by atoms with van der Waals surface area (Å²) in [6, 6.07) is 9.30. The van der Waals surface area contributed by atoms with E-state index < -0.39 is 0 Å². The first kappa shape index (κ1) is 9.67. The van der Waals surface area contributed by atoms with Gasteiger partial charge in [-0.25, -0.2) is 0 Å². The Morgan fingerprint density at radius 3 is 2.67 bits per heavy atom. The van der Waals surface area contributed by atoms with E-state index in [1.807, 2.05) is 30.3 Å². The van der Waals surface area contributed by atoms with Gasteiger partial charge in [0.2, 0.25) is 5.88 Å². The molecule has 0 radical (unpaired) electrons. The number of aliphatic imine (C=N–C) groups is 1. The van der Waals surface area contributed by atoms with Crippen molar-refractivity contribution in [1.82, 2.24) is 4.98 Å². The van der Waals surface area contributed by atoms with Crippen LogP contribution in [-0.4, -0.2) is 16.3 Å². The van der Waals surface area contributed by atoms with Crippen LogP contribution in [0.4, 0.5) is 5.69 Å². The van der Waals surface area contributed by atoms with Crippen molar-refractivity contribution in [1.29, 1.82) is 0 Å². The monoisotopic (exact) mass is 220 g/mol. The summed E-state index contributed by atoms with van der Waals surface area (Å²) in [6.45, 7) is 0. The van der Waals surface area contributed by atoms with E-state index in [-0.39, 0.29) is 10.8 Å². The molecule has 76 valence electrons. The van der Waals surface area contributed by atoms with Crippen molar-refractivity contribution in [3.8, 4) is 5.88 Å². The first-order valence-corrected chi connectivity index (χ1v) is 5.08. The van der Waals surface area contributed by atoms with Gasteiger partial charge < -0.3 is 5.11 Å². The number of aromatic amines is 1. The lowest BCUT2D eigenvalue weighted by atomic mass is 10.3. The average Bonchev–Trinajstić information content (AvgIpc) is 2.56. The number of hydrogen-bond donors (Lipinski definition) is 2. The first-order valence-electron chi connectivity index (χ1n) is 4.27. The summed E-state index contributed by atoms with van der Waals surface area (Å²) in [6.07, 6.45) is 1.47. The second-order valence-corrected chi connectivity index (χ2v) is 3.84. The van der Waals surface area contributed by atoms with E-state index in [0.29, 0.717) is 4.88 Å². The fourth-order valence-corrected chi connectivity index (χ4v) is 1.67. The van der Waals surface area contributed by atoms with Crippen LogP contribution in [0.15, 0.2) is 40.1 Å². The largest absolute Gasteiger partial charge is 0.493 e. The zero-order valence-electron chi connectivity index (χ0n) is 7.68. The van der Waals surface area contributed by atoms with Gasteiger partial charge in [-0.1, -0.05) is 29.5 Å². The molecule has 1 aromatic heterocycles. The fourth-order valence-electron chi connectivity index (χ4n) is 1.07. The first-order chi connectivity index (χ1) is 7.25. The number of benzene rings is 1. The molecule has 5 heteroatoms. The number of nitrogens with zero attached hydrogens (tertiary/aromatic N) is 1. The molecule has 0 aliphatic heterocycles. The van der Waals surface area contributed by atoms with E-state index in [9.17, 15) is 9.90 Å². The van der Waals surface area contributed by atoms with Gasteiger partial charge in [-0.2, -0.15) is 0 Å². The molecule has 2 aromatic rings. The number of H-pyrrole nitrogens is 1. The highest BCUT2D eigenvalue weighted by atomic mass is 32.1. The van der Waals surface area contributed by atoms with Gasteiger partial charge in [-0.15, -0.1) is 0 Å². The lowest BCUT2D eigenvalue weighted by Gasteiger charge is -1.90. The SMILES string of the molecule is O=c1[nH]c(O)c(C=Nc2ccccc2)s1. The lowest BCUT2D eigenvalue weighted by molar-refractivity contribution is 0.455. The summed E-state index contributed by atoms with van der Waals surface area (Å²) in [5, 5.41) is 9.27. The third kappa shape index (κ3) is 2.32. The van der Waals surface area contributed by atoms with E-state index in [1.54, 1.807) is 0 Å². The van der Waals surface area contributed by atoms with Crippen molar-refractivity contribution >= 4 is 23.2 Å². The Kier molecular flexibility index (Phi) is 2.64. The van der Waals surface area contributed by atoms with Crippen LogP contribution < -0.4 is 4.87 Å². The van der Waals surface area contributed by atoms with Crippen LogP contribution in [0.1, 0.15) is 4.88 Å². The maximum absolute atomic E-state index is 10.9. The number of aromatic nitrogens is 1. The molecular weight excluding hydrogens is 212 g/mol. The van der Waals surface area contributed by atoms with Crippen LogP contribution in [0, 0.1) is 0 Å². The second kappa shape index (κ2) is 4.10. The summed E-state index contributed by atoms with van der Waals surface area (Å²) in [4.78, 5) is 17.4. The Bertz CT molecular complexity index is 528. The van der Waals surface area contributed by atoms with E-state index >= 15 is 0 Å². The smallest absolute Gasteiger partial charge is 0.307 e. The molecule has 1 heterocycles. The molecule has 0 saturated carbocycles. The normalized spacial score (nSPS) is 10.9. The summed E-state index contributed by atoms with van der Waals surface area (Å²) >= 11 is 0.923. The van der Waals surface area contributed by atoms with Gasteiger partial charge in [0.1, 0.15) is 4.88 Å². The van der Waals surface area contributed by atoms with Crippen molar-refractivity contribution in [2.75, 3.05) is 0 Å². The number of para-hydroxylation sites is 1. The highest BCUT2D eigenvalue weighted by Gasteiger charge is 2.02. The van der Waals surface area contributed by atoms with E-state index in [4.69, 9.17) is 0 Å². The number of hydrogen-bond acceptors (Lipinski definition) is 4. The molecule has 0 fully saturated rings. The second-order valence-electron chi connectivity index (χ2n) is 2.82. The van der Waals surface area contributed by atoms with Crippen molar-refractivity contribution in [3.05, 3.63) is 44.9 Å². The summed E-state index contributed by atoms with van der Waals surface area (Å²) in [5.41, 5.74) is 0.776. The zero-order chi connectivity index (χ0) is 10.7. The fraction of sp³-hybridized carbons (Fsp3) is 0. The molecule has 1 aromatic carbocycles. The van der Waals surface area contributed by atoms with Gasteiger partial charge in [0.05, 0.1) is 11.9 Å². The van der Waals surface area contributed by atoms with Crippen molar-refractivity contribution in [2.24, 2.45) is 4.99 Å². The molecule has 0 atom stereocenters. The maximum atomic E-state index is 10.9. The predicted octanol–water partition coefficient (Wildman–Crippen LogP) is 1.89.